The van der Waals surface area contributed by atoms with Gasteiger partial charge >= 0.3 is 0 Å². The summed E-state index contributed by atoms with van der Waals surface area (Å²) in [5.74, 6) is -0.195. The van der Waals surface area contributed by atoms with E-state index in [1.807, 2.05) is 48.5 Å². The largest absolute Gasteiger partial charge is 0.320 e. The van der Waals surface area contributed by atoms with E-state index in [1.54, 1.807) is 18.2 Å². The molecule has 0 aliphatic carbocycles. The molecule has 0 atom stereocenters. The van der Waals surface area contributed by atoms with Crippen molar-refractivity contribution in [2.45, 2.75) is 0 Å². The third-order valence-electron chi connectivity index (χ3n) is 6.29. The molecular weight excluding hydrogens is 452 g/mol. The maximum absolute atomic E-state index is 12.9. The lowest BCUT2D eigenvalue weighted by Crippen LogP contribution is -2.12. The number of rotatable bonds is 4. The first kappa shape index (κ1) is 21.2. The molecule has 1 aromatic heterocycles. The molecule has 0 saturated carbocycles. The predicted octanol–water partition coefficient (Wildman–Crippen LogP) is 8.36. The van der Waals surface area contributed by atoms with Gasteiger partial charge in [0.25, 0.3) is 5.91 Å². The van der Waals surface area contributed by atoms with Crippen LogP contribution in [0.15, 0.2) is 121 Å². The van der Waals surface area contributed by atoms with E-state index in [-0.39, 0.29) is 5.91 Å². The molecule has 1 heterocycles. The zero-order valence-corrected chi connectivity index (χ0v) is 19.5. The predicted molar refractivity (Wildman–Crippen MR) is 146 cm³/mol. The van der Waals surface area contributed by atoms with Crippen LogP contribution in [0.5, 0.6) is 0 Å². The number of para-hydroxylation sites is 3. The highest BCUT2D eigenvalue weighted by atomic mass is 35.5. The van der Waals surface area contributed by atoms with Gasteiger partial charge in [-0.3, -0.25) is 4.79 Å². The fourth-order valence-electron chi connectivity index (χ4n) is 4.66. The van der Waals surface area contributed by atoms with Crippen LogP contribution in [0.25, 0.3) is 38.6 Å². The van der Waals surface area contributed by atoms with Gasteiger partial charge in [0.2, 0.25) is 0 Å². The number of nitrogens with one attached hydrogen (secondary N) is 1. The van der Waals surface area contributed by atoms with Crippen molar-refractivity contribution < 1.29 is 4.79 Å². The lowest BCUT2D eigenvalue weighted by atomic mass is 10.0. The molecule has 0 aliphatic rings. The lowest BCUT2D eigenvalue weighted by Gasteiger charge is -2.14. The molecule has 6 aromatic rings. The summed E-state index contributed by atoms with van der Waals surface area (Å²) in [7, 11) is 0. The number of benzene rings is 5. The van der Waals surface area contributed by atoms with Gasteiger partial charge < -0.3 is 9.88 Å². The van der Waals surface area contributed by atoms with Crippen molar-refractivity contribution in [2.75, 3.05) is 5.32 Å². The minimum atomic E-state index is -0.195. The third kappa shape index (κ3) is 3.76. The van der Waals surface area contributed by atoms with E-state index in [9.17, 15) is 4.79 Å². The maximum Gasteiger partial charge on any atom is 0.255 e. The van der Waals surface area contributed by atoms with Crippen LogP contribution in [-0.2, 0) is 0 Å². The minimum Gasteiger partial charge on any atom is -0.320 e. The highest BCUT2D eigenvalue weighted by molar-refractivity contribution is 6.34. The Morgan fingerprint density at radius 3 is 2.14 bits per heavy atom. The highest BCUT2D eigenvalue weighted by Gasteiger charge is 2.17. The van der Waals surface area contributed by atoms with E-state index >= 15 is 0 Å². The number of nitrogens with zero attached hydrogens (tertiary/aromatic N) is 1. The van der Waals surface area contributed by atoms with Crippen LogP contribution in [0, 0.1) is 0 Å². The molecule has 1 amide bonds. The number of hydrogen-bond acceptors (Lipinski definition) is 1. The van der Waals surface area contributed by atoms with Crippen molar-refractivity contribution in [3.63, 3.8) is 0 Å². The number of aromatic nitrogens is 1. The Labute approximate surface area is 208 Å². The van der Waals surface area contributed by atoms with Crippen LogP contribution >= 0.6 is 11.6 Å². The molecule has 0 bridgehead atoms. The second-order valence-corrected chi connectivity index (χ2v) is 8.81. The number of carbonyl (C=O) groups is 1. The molecule has 35 heavy (non-hydrogen) atoms. The molecule has 0 radical (unpaired) electrons. The van der Waals surface area contributed by atoms with Crippen molar-refractivity contribution in [3.05, 3.63) is 132 Å². The van der Waals surface area contributed by atoms with E-state index < -0.39 is 0 Å². The fourth-order valence-corrected chi connectivity index (χ4v) is 4.88. The van der Waals surface area contributed by atoms with Gasteiger partial charge in [-0.25, -0.2) is 0 Å². The Morgan fingerprint density at radius 2 is 1.34 bits per heavy atom. The van der Waals surface area contributed by atoms with Crippen molar-refractivity contribution in [1.82, 2.24) is 4.57 Å². The smallest absolute Gasteiger partial charge is 0.255 e. The summed E-state index contributed by atoms with van der Waals surface area (Å²) in [5.41, 5.74) is 6.36. The summed E-state index contributed by atoms with van der Waals surface area (Å²) < 4.78 is 2.28. The Balaban J connectivity index is 1.54. The highest BCUT2D eigenvalue weighted by Crippen LogP contribution is 2.38. The van der Waals surface area contributed by atoms with Gasteiger partial charge in [0.1, 0.15) is 0 Å². The van der Waals surface area contributed by atoms with Crippen molar-refractivity contribution >= 4 is 45.0 Å². The van der Waals surface area contributed by atoms with Crippen molar-refractivity contribution in [2.24, 2.45) is 0 Å². The van der Waals surface area contributed by atoms with E-state index in [0.29, 0.717) is 16.3 Å². The van der Waals surface area contributed by atoms with Gasteiger partial charge in [-0.2, -0.15) is 0 Å². The fraction of sp³-hybridized carbons (Fsp3) is 0. The lowest BCUT2D eigenvalue weighted by molar-refractivity contribution is 0.102. The number of carbonyl (C=O) groups excluding carboxylic acids is 1. The molecular formula is C31H21ClN2O. The van der Waals surface area contributed by atoms with Gasteiger partial charge in [-0.15, -0.1) is 0 Å². The topological polar surface area (TPSA) is 34.0 Å². The Morgan fingerprint density at radius 1 is 0.657 bits per heavy atom. The number of fused-ring (bicyclic) bond motifs is 3. The summed E-state index contributed by atoms with van der Waals surface area (Å²) in [4.78, 5) is 12.9. The van der Waals surface area contributed by atoms with E-state index in [0.717, 1.165) is 27.8 Å². The summed E-state index contributed by atoms with van der Waals surface area (Å²) in [6.07, 6.45) is 0. The number of hydrogen-bond donors (Lipinski definition) is 1. The molecule has 3 nitrogen and oxygen atoms in total. The molecule has 6 rings (SSSR count). The number of halogens is 1. The van der Waals surface area contributed by atoms with E-state index in [4.69, 9.17) is 11.6 Å². The van der Waals surface area contributed by atoms with Crippen LogP contribution in [0.3, 0.4) is 0 Å². The van der Waals surface area contributed by atoms with Gasteiger partial charge in [-0.1, -0.05) is 90.5 Å². The Kier molecular flexibility index (Phi) is 5.32. The molecule has 1 N–H and O–H groups in total. The quantitative estimate of drug-likeness (QED) is 0.275. The van der Waals surface area contributed by atoms with Gasteiger partial charge in [0, 0.05) is 27.6 Å². The number of amides is 1. The van der Waals surface area contributed by atoms with Crippen LogP contribution < -0.4 is 5.32 Å². The van der Waals surface area contributed by atoms with E-state index in [2.05, 4.69) is 64.5 Å². The summed E-state index contributed by atoms with van der Waals surface area (Å²) in [5, 5.41) is 5.90. The second-order valence-electron chi connectivity index (χ2n) is 8.40. The average Bonchev–Trinajstić information content (AvgIpc) is 3.24. The molecule has 0 aliphatic heterocycles. The van der Waals surface area contributed by atoms with Crippen molar-refractivity contribution in [1.29, 1.82) is 0 Å². The van der Waals surface area contributed by atoms with Crippen LogP contribution in [-0.4, -0.2) is 10.5 Å². The average molecular weight is 473 g/mol. The van der Waals surface area contributed by atoms with Crippen LogP contribution in [0.1, 0.15) is 10.4 Å². The SMILES string of the molecule is O=C(Nc1c(Cl)cccc1-c1ccc2c3ccccc3n(-c3ccccc3)c2c1)c1ccccc1. The minimum absolute atomic E-state index is 0.195. The third-order valence-corrected chi connectivity index (χ3v) is 6.60. The van der Waals surface area contributed by atoms with Gasteiger partial charge in [0.05, 0.1) is 21.7 Å². The zero-order chi connectivity index (χ0) is 23.8. The normalized spacial score (nSPS) is 11.1. The molecule has 0 fully saturated rings. The van der Waals surface area contributed by atoms with Crippen molar-refractivity contribution in [3.8, 4) is 16.8 Å². The first-order valence-corrected chi connectivity index (χ1v) is 11.8. The molecule has 0 saturated heterocycles. The standard InChI is InChI=1S/C31H21ClN2O/c32-27-16-9-15-24(30(27)33-31(35)21-10-3-1-4-11-21)22-18-19-26-25-14-7-8-17-28(25)34(29(26)20-22)23-12-5-2-6-13-23/h1-20H,(H,33,35). The van der Waals surface area contributed by atoms with Gasteiger partial charge in [0.15, 0.2) is 0 Å². The van der Waals surface area contributed by atoms with Crippen LogP contribution in [0.2, 0.25) is 5.02 Å². The molecule has 0 spiro atoms. The summed E-state index contributed by atoms with van der Waals surface area (Å²) in [6, 6.07) is 40.1. The number of anilines is 1. The first-order chi connectivity index (χ1) is 17.2. The molecule has 168 valence electrons. The molecule has 0 unspecified atom stereocenters. The molecule has 4 heteroatoms. The first-order valence-electron chi connectivity index (χ1n) is 11.4. The van der Waals surface area contributed by atoms with Crippen LogP contribution in [0.4, 0.5) is 5.69 Å². The Hall–Kier alpha value is -4.34. The maximum atomic E-state index is 12.9. The molecule has 5 aromatic carbocycles. The summed E-state index contributed by atoms with van der Waals surface area (Å²) >= 11 is 6.60. The summed E-state index contributed by atoms with van der Waals surface area (Å²) in [6.45, 7) is 0. The van der Waals surface area contributed by atoms with Gasteiger partial charge in [-0.05, 0) is 48.0 Å². The van der Waals surface area contributed by atoms with E-state index in [1.165, 1.54) is 10.8 Å². The second kappa shape index (κ2) is 8.79. The Bertz CT molecular complexity index is 1690. The monoisotopic (exact) mass is 472 g/mol. The zero-order valence-electron chi connectivity index (χ0n) is 18.8.